The Balaban J connectivity index is 1.29. The first-order valence-corrected chi connectivity index (χ1v) is 15.1. The maximum Gasteiger partial charge on any atom is 0.306 e. The maximum absolute atomic E-state index is 16.7. The Morgan fingerprint density at radius 3 is 2.25 bits per heavy atom. The molecule has 3 atom stereocenters. The number of carbonyl (C=O) groups excluding carboxylic acids is 1. The molecule has 1 amide bonds. The van der Waals surface area contributed by atoms with Gasteiger partial charge in [0.25, 0.3) is 0 Å². The number of halogens is 2. The Morgan fingerprint density at radius 1 is 0.975 bits per heavy atom. The fourth-order valence-corrected chi connectivity index (χ4v) is 8.67. The molecular weight excluding hydrogens is 506 g/mol. The molecule has 7 heteroatoms. The third kappa shape index (κ3) is 4.74. The van der Waals surface area contributed by atoms with E-state index in [0.29, 0.717) is 32.1 Å². The van der Waals surface area contributed by atoms with Crippen molar-refractivity contribution >= 4 is 16.9 Å². The summed E-state index contributed by atoms with van der Waals surface area (Å²) in [6.45, 7) is 3.96. The van der Waals surface area contributed by atoms with Crippen LogP contribution < -0.4 is 5.73 Å². The highest BCUT2D eigenvalue weighted by Crippen LogP contribution is 2.53. The van der Waals surface area contributed by atoms with E-state index in [2.05, 4.69) is 10.6 Å². The summed E-state index contributed by atoms with van der Waals surface area (Å²) in [7, 11) is 0. The van der Waals surface area contributed by atoms with Gasteiger partial charge in [0.05, 0.1) is 11.0 Å². The van der Waals surface area contributed by atoms with Gasteiger partial charge in [-0.05, 0) is 69.6 Å². The van der Waals surface area contributed by atoms with Crippen molar-refractivity contribution in [2.75, 3.05) is 0 Å². The first-order chi connectivity index (χ1) is 19.1. The van der Waals surface area contributed by atoms with Crippen LogP contribution in [0, 0.1) is 12.3 Å². The molecule has 2 saturated heterocycles. The summed E-state index contributed by atoms with van der Waals surface area (Å²) in [6.07, 6.45) is 7.29. The molecule has 0 spiro atoms. The van der Waals surface area contributed by atoms with E-state index in [0.717, 1.165) is 54.5 Å². The maximum atomic E-state index is 16.7. The number of carbonyl (C=O) groups is 1. The Hall–Kier alpha value is -2.80. The molecule has 1 saturated carbocycles. The second-order valence-corrected chi connectivity index (χ2v) is 13.1. The quantitative estimate of drug-likeness (QED) is 0.301. The molecule has 2 aromatic carbocycles. The first kappa shape index (κ1) is 27.4. The SMILES string of the molecule is Cc1nc2ccccc2n1C1CC2CCC(C1)N2C(F)(F)CC(C)(CC1(C(N)=O)CCCCC1)c1ccccc1. The molecule has 3 aromatic rings. The van der Waals surface area contributed by atoms with E-state index < -0.39 is 16.9 Å². The normalized spacial score (nSPS) is 26.6. The molecule has 5 nitrogen and oxygen atoms in total. The number of nitrogens with two attached hydrogens (primary N) is 1. The van der Waals surface area contributed by atoms with Crippen molar-refractivity contribution < 1.29 is 13.6 Å². The number of aryl methyl sites for hydroxylation is 1. The molecule has 1 aromatic heterocycles. The monoisotopic (exact) mass is 548 g/mol. The van der Waals surface area contributed by atoms with Crippen molar-refractivity contribution in [3.05, 3.63) is 66.0 Å². The molecule has 3 heterocycles. The number of piperidine rings is 1. The van der Waals surface area contributed by atoms with Crippen LogP contribution in [0.25, 0.3) is 11.0 Å². The van der Waals surface area contributed by atoms with E-state index in [4.69, 9.17) is 10.7 Å². The van der Waals surface area contributed by atoms with Crippen LogP contribution in [-0.2, 0) is 10.2 Å². The van der Waals surface area contributed by atoms with E-state index in [1.165, 1.54) is 0 Å². The van der Waals surface area contributed by atoms with Crippen LogP contribution in [0.4, 0.5) is 8.78 Å². The van der Waals surface area contributed by atoms with Gasteiger partial charge < -0.3 is 10.3 Å². The predicted molar refractivity (Wildman–Crippen MR) is 154 cm³/mol. The Morgan fingerprint density at radius 2 is 1.60 bits per heavy atom. The zero-order valence-electron chi connectivity index (χ0n) is 23.8. The van der Waals surface area contributed by atoms with Gasteiger partial charge in [-0.2, -0.15) is 8.78 Å². The van der Waals surface area contributed by atoms with Crippen molar-refractivity contribution in [3.63, 3.8) is 0 Å². The molecule has 6 rings (SSSR count). The number of aromatic nitrogens is 2. The fourth-order valence-electron chi connectivity index (χ4n) is 8.67. The van der Waals surface area contributed by atoms with Crippen LogP contribution in [0.5, 0.6) is 0 Å². The molecule has 1 aliphatic carbocycles. The van der Waals surface area contributed by atoms with E-state index in [9.17, 15) is 4.79 Å². The smallest absolute Gasteiger partial charge is 0.306 e. The van der Waals surface area contributed by atoms with Gasteiger partial charge in [-0.1, -0.05) is 68.7 Å². The number of benzene rings is 2. The van der Waals surface area contributed by atoms with Gasteiger partial charge in [-0.25, -0.2) is 9.88 Å². The second kappa shape index (κ2) is 10.2. The Labute approximate surface area is 236 Å². The minimum Gasteiger partial charge on any atom is -0.369 e. The van der Waals surface area contributed by atoms with Gasteiger partial charge in [0.15, 0.2) is 0 Å². The molecule has 2 bridgehead atoms. The summed E-state index contributed by atoms with van der Waals surface area (Å²) in [5, 5.41) is 0. The number of imidazole rings is 1. The molecule has 3 aliphatic rings. The van der Waals surface area contributed by atoms with Crippen molar-refractivity contribution in [2.24, 2.45) is 11.1 Å². The third-order valence-electron chi connectivity index (χ3n) is 10.4. The van der Waals surface area contributed by atoms with Crippen LogP contribution in [0.2, 0.25) is 0 Å². The summed E-state index contributed by atoms with van der Waals surface area (Å²) in [5.41, 5.74) is 7.32. The zero-order valence-corrected chi connectivity index (χ0v) is 23.8. The number of rotatable bonds is 8. The van der Waals surface area contributed by atoms with Gasteiger partial charge in [0.2, 0.25) is 5.91 Å². The number of primary amides is 1. The lowest BCUT2D eigenvalue weighted by molar-refractivity contribution is -0.197. The van der Waals surface area contributed by atoms with Gasteiger partial charge >= 0.3 is 6.05 Å². The van der Waals surface area contributed by atoms with Crippen molar-refractivity contribution in [2.45, 2.75) is 114 Å². The molecule has 2 N–H and O–H groups in total. The summed E-state index contributed by atoms with van der Waals surface area (Å²) in [5.74, 6) is 0.619. The lowest BCUT2D eigenvalue weighted by atomic mass is 9.61. The zero-order chi connectivity index (χ0) is 28.1. The minimum absolute atomic E-state index is 0.165. The summed E-state index contributed by atoms with van der Waals surface area (Å²) in [4.78, 5) is 19.2. The third-order valence-corrected chi connectivity index (χ3v) is 10.4. The lowest BCUT2D eigenvalue weighted by Crippen LogP contribution is -2.56. The lowest BCUT2D eigenvalue weighted by Gasteiger charge is -2.48. The number of hydrogen-bond donors (Lipinski definition) is 1. The molecule has 3 fully saturated rings. The molecule has 214 valence electrons. The van der Waals surface area contributed by atoms with Crippen molar-refractivity contribution in [1.82, 2.24) is 14.5 Å². The van der Waals surface area contributed by atoms with Crippen LogP contribution in [0.1, 0.15) is 95.0 Å². The fraction of sp³-hybridized carbons (Fsp3) is 0.576. The van der Waals surface area contributed by atoms with Crippen LogP contribution in [-0.4, -0.2) is 38.5 Å². The van der Waals surface area contributed by atoms with Crippen molar-refractivity contribution in [3.8, 4) is 0 Å². The number of nitrogens with zero attached hydrogens (tertiary/aromatic N) is 3. The largest absolute Gasteiger partial charge is 0.369 e. The topological polar surface area (TPSA) is 64.2 Å². The second-order valence-electron chi connectivity index (χ2n) is 13.1. The number of alkyl halides is 2. The average Bonchev–Trinajstić information content (AvgIpc) is 3.42. The number of amides is 1. The van der Waals surface area contributed by atoms with E-state index in [1.54, 1.807) is 4.90 Å². The Bertz CT molecular complexity index is 1350. The summed E-state index contributed by atoms with van der Waals surface area (Å²) in [6, 6.07) is 14.6. The van der Waals surface area contributed by atoms with Crippen molar-refractivity contribution in [1.29, 1.82) is 0 Å². The van der Waals surface area contributed by atoms with Crippen LogP contribution in [0.15, 0.2) is 54.6 Å². The standard InChI is InChI=1S/C33H42F2N4O/c1-23-37-28-13-7-8-14-29(28)38(23)27-19-25-15-16-26(20-27)39(25)33(34,35)22-31(2,24-11-5-3-6-12-24)21-32(30(36)40)17-9-4-10-18-32/h3,5-8,11-14,25-27H,4,9-10,15-22H2,1-2H3,(H2,36,40). The minimum atomic E-state index is -3.00. The molecule has 0 radical (unpaired) electrons. The van der Waals surface area contributed by atoms with Gasteiger partial charge in [-0.15, -0.1) is 0 Å². The molecule has 3 unspecified atom stereocenters. The summed E-state index contributed by atoms with van der Waals surface area (Å²) >= 11 is 0. The highest BCUT2D eigenvalue weighted by molar-refractivity contribution is 5.81. The number of para-hydroxylation sites is 2. The highest BCUT2D eigenvalue weighted by atomic mass is 19.3. The van der Waals surface area contributed by atoms with Gasteiger partial charge in [0, 0.05) is 35.4 Å². The Kier molecular flexibility index (Phi) is 7.00. The predicted octanol–water partition coefficient (Wildman–Crippen LogP) is 7.28. The van der Waals surface area contributed by atoms with E-state index >= 15 is 8.78 Å². The molecular formula is C33H42F2N4O. The van der Waals surface area contributed by atoms with E-state index in [1.807, 2.05) is 62.4 Å². The van der Waals surface area contributed by atoms with E-state index in [-0.39, 0.29) is 30.5 Å². The average molecular weight is 549 g/mol. The van der Waals surface area contributed by atoms with Gasteiger partial charge in [-0.3, -0.25) is 4.79 Å². The van der Waals surface area contributed by atoms with Gasteiger partial charge in [0.1, 0.15) is 5.82 Å². The molecule has 2 aliphatic heterocycles. The summed E-state index contributed by atoms with van der Waals surface area (Å²) < 4.78 is 35.7. The number of hydrogen-bond acceptors (Lipinski definition) is 3. The van der Waals surface area contributed by atoms with Crippen LogP contribution in [0.3, 0.4) is 0 Å². The highest BCUT2D eigenvalue weighted by Gasteiger charge is 2.56. The van der Waals surface area contributed by atoms with Crippen LogP contribution >= 0.6 is 0 Å². The first-order valence-electron chi connectivity index (χ1n) is 15.1. The molecule has 40 heavy (non-hydrogen) atoms. The number of fused-ring (bicyclic) bond motifs is 3.